The molecular formula is C10H10ClNO2. The molecule has 0 spiro atoms. The van der Waals surface area contributed by atoms with Crippen LogP contribution in [0.15, 0.2) is 18.2 Å². The van der Waals surface area contributed by atoms with Crippen LogP contribution in [0.2, 0.25) is 5.15 Å². The van der Waals surface area contributed by atoms with Crippen molar-refractivity contribution in [3.63, 3.8) is 0 Å². The van der Waals surface area contributed by atoms with E-state index in [1.165, 1.54) is 0 Å². The van der Waals surface area contributed by atoms with Crippen molar-refractivity contribution in [2.75, 3.05) is 0 Å². The van der Waals surface area contributed by atoms with Gasteiger partial charge in [0.05, 0.1) is 5.92 Å². The number of carbonyl (C=O) groups is 1. The van der Waals surface area contributed by atoms with Crippen LogP contribution >= 0.6 is 11.6 Å². The van der Waals surface area contributed by atoms with Gasteiger partial charge in [-0.15, -0.1) is 0 Å². The first-order valence-electron chi connectivity index (χ1n) is 4.60. The second-order valence-electron chi connectivity index (χ2n) is 3.35. The number of nitrogens with zero attached hydrogens (tertiary/aromatic N) is 1. The Labute approximate surface area is 87.0 Å². The lowest BCUT2D eigenvalue weighted by Gasteiger charge is -2.22. The fourth-order valence-electron chi connectivity index (χ4n) is 1.28. The molecule has 0 amide bonds. The normalized spacial score (nSPS) is 16.1. The zero-order valence-electron chi connectivity index (χ0n) is 7.57. The highest BCUT2D eigenvalue weighted by Crippen LogP contribution is 2.27. The second kappa shape index (κ2) is 3.96. The van der Waals surface area contributed by atoms with Gasteiger partial charge < -0.3 is 4.74 Å². The van der Waals surface area contributed by atoms with E-state index in [1.807, 2.05) is 0 Å². The van der Waals surface area contributed by atoms with Crippen LogP contribution in [0, 0.1) is 5.92 Å². The van der Waals surface area contributed by atoms with E-state index < -0.39 is 0 Å². The zero-order valence-corrected chi connectivity index (χ0v) is 8.33. The monoisotopic (exact) mass is 211 g/mol. The third-order valence-corrected chi connectivity index (χ3v) is 2.54. The molecule has 1 aliphatic rings. The van der Waals surface area contributed by atoms with Crippen molar-refractivity contribution in [1.82, 2.24) is 4.98 Å². The number of hydrogen-bond acceptors (Lipinski definition) is 3. The summed E-state index contributed by atoms with van der Waals surface area (Å²) in [5.41, 5.74) is 0. The number of aromatic nitrogens is 1. The molecular weight excluding hydrogens is 202 g/mol. The number of hydrogen-bond donors (Lipinski definition) is 0. The molecule has 3 nitrogen and oxygen atoms in total. The Kier molecular flexibility index (Phi) is 2.68. The van der Waals surface area contributed by atoms with Crippen molar-refractivity contribution in [2.45, 2.75) is 19.3 Å². The van der Waals surface area contributed by atoms with Crippen LogP contribution in [0.5, 0.6) is 5.88 Å². The summed E-state index contributed by atoms with van der Waals surface area (Å²) in [7, 11) is 0. The van der Waals surface area contributed by atoms with Gasteiger partial charge in [-0.1, -0.05) is 24.1 Å². The van der Waals surface area contributed by atoms with Crippen LogP contribution in [-0.4, -0.2) is 11.0 Å². The minimum atomic E-state index is -0.189. The van der Waals surface area contributed by atoms with Crippen LogP contribution in [0.1, 0.15) is 19.3 Å². The molecule has 1 heterocycles. The molecule has 1 aliphatic carbocycles. The van der Waals surface area contributed by atoms with E-state index in [4.69, 9.17) is 16.3 Å². The van der Waals surface area contributed by atoms with Gasteiger partial charge in [0, 0.05) is 6.07 Å². The Balaban J connectivity index is 1.99. The molecule has 0 bridgehead atoms. The number of halogens is 1. The number of rotatable bonds is 2. The number of carbonyl (C=O) groups excluding carboxylic acids is 1. The molecule has 2 rings (SSSR count). The standard InChI is InChI=1S/C10H10ClNO2/c11-8-5-2-6-9(12-8)14-10(13)7-3-1-4-7/h2,5-7H,1,3-4H2. The second-order valence-corrected chi connectivity index (χ2v) is 3.73. The maximum Gasteiger partial charge on any atom is 0.315 e. The van der Waals surface area contributed by atoms with Crippen LogP contribution < -0.4 is 4.74 Å². The van der Waals surface area contributed by atoms with Gasteiger partial charge in [-0.3, -0.25) is 4.79 Å². The van der Waals surface area contributed by atoms with E-state index in [0.717, 1.165) is 19.3 Å². The summed E-state index contributed by atoms with van der Waals surface area (Å²) in [4.78, 5) is 15.3. The fourth-order valence-corrected chi connectivity index (χ4v) is 1.43. The van der Waals surface area contributed by atoms with Crippen molar-refractivity contribution in [3.05, 3.63) is 23.4 Å². The molecule has 0 N–H and O–H groups in total. The Morgan fingerprint density at radius 1 is 1.50 bits per heavy atom. The van der Waals surface area contributed by atoms with Crippen molar-refractivity contribution in [1.29, 1.82) is 0 Å². The quantitative estimate of drug-likeness (QED) is 0.557. The van der Waals surface area contributed by atoms with Crippen LogP contribution in [0.3, 0.4) is 0 Å². The lowest BCUT2D eigenvalue weighted by molar-refractivity contribution is -0.141. The molecule has 1 fully saturated rings. The number of esters is 1. The van der Waals surface area contributed by atoms with Gasteiger partial charge in [0.15, 0.2) is 0 Å². The summed E-state index contributed by atoms with van der Waals surface area (Å²) in [6, 6.07) is 4.98. The van der Waals surface area contributed by atoms with Crippen molar-refractivity contribution < 1.29 is 9.53 Å². The Hall–Kier alpha value is -1.09. The smallest absolute Gasteiger partial charge is 0.315 e. The largest absolute Gasteiger partial charge is 0.407 e. The molecule has 0 aliphatic heterocycles. The van der Waals surface area contributed by atoms with Gasteiger partial charge in [0.1, 0.15) is 5.15 Å². The van der Waals surface area contributed by atoms with Gasteiger partial charge in [0.25, 0.3) is 0 Å². The van der Waals surface area contributed by atoms with E-state index in [1.54, 1.807) is 18.2 Å². The van der Waals surface area contributed by atoms with E-state index in [0.29, 0.717) is 5.15 Å². The Morgan fingerprint density at radius 3 is 2.86 bits per heavy atom. The maximum atomic E-state index is 11.4. The molecule has 1 aromatic rings. The first kappa shape index (κ1) is 9.46. The SMILES string of the molecule is O=C(Oc1cccc(Cl)n1)C1CCC1. The maximum absolute atomic E-state index is 11.4. The van der Waals surface area contributed by atoms with Crippen LogP contribution in [0.25, 0.3) is 0 Å². The molecule has 4 heteroatoms. The van der Waals surface area contributed by atoms with Gasteiger partial charge in [0.2, 0.25) is 5.88 Å². The average molecular weight is 212 g/mol. The number of ether oxygens (including phenoxy) is 1. The van der Waals surface area contributed by atoms with E-state index in [-0.39, 0.29) is 17.8 Å². The molecule has 0 aromatic carbocycles. The minimum absolute atomic E-state index is 0.0655. The Bertz CT molecular complexity index is 350. The lowest BCUT2D eigenvalue weighted by Crippen LogP contribution is -2.26. The van der Waals surface area contributed by atoms with Crippen molar-refractivity contribution >= 4 is 17.6 Å². The predicted octanol–water partition coefficient (Wildman–Crippen LogP) is 2.44. The molecule has 0 radical (unpaired) electrons. The summed E-state index contributed by atoms with van der Waals surface area (Å²) >= 11 is 5.65. The molecule has 74 valence electrons. The first-order chi connectivity index (χ1) is 6.75. The molecule has 0 atom stereocenters. The van der Waals surface area contributed by atoms with Gasteiger partial charge in [-0.2, -0.15) is 0 Å². The van der Waals surface area contributed by atoms with Crippen molar-refractivity contribution in [3.8, 4) is 5.88 Å². The Morgan fingerprint density at radius 2 is 2.29 bits per heavy atom. The summed E-state index contributed by atoms with van der Waals surface area (Å²) in [6.07, 6.45) is 2.97. The van der Waals surface area contributed by atoms with Crippen LogP contribution in [-0.2, 0) is 4.79 Å². The van der Waals surface area contributed by atoms with Crippen LogP contribution in [0.4, 0.5) is 0 Å². The molecule has 0 saturated heterocycles. The van der Waals surface area contributed by atoms with Gasteiger partial charge in [-0.05, 0) is 18.9 Å². The molecule has 14 heavy (non-hydrogen) atoms. The first-order valence-corrected chi connectivity index (χ1v) is 4.98. The third-order valence-electron chi connectivity index (χ3n) is 2.33. The van der Waals surface area contributed by atoms with E-state index in [2.05, 4.69) is 4.98 Å². The summed E-state index contributed by atoms with van der Waals surface area (Å²) in [5, 5.41) is 0.337. The molecule has 1 aromatic heterocycles. The topological polar surface area (TPSA) is 39.2 Å². The van der Waals surface area contributed by atoms with E-state index >= 15 is 0 Å². The summed E-state index contributed by atoms with van der Waals surface area (Å²) in [6.45, 7) is 0. The van der Waals surface area contributed by atoms with E-state index in [9.17, 15) is 4.79 Å². The van der Waals surface area contributed by atoms with Crippen molar-refractivity contribution in [2.24, 2.45) is 5.92 Å². The highest BCUT2D eigenvalue weighted by Gasteiger charge is 2.27. The highest BCUT2D eigenvalue weighted by atomic mass is 35.5. The fraction of sp³-hybridized carbons (Fsp3) is 0.400. The summed E-state index contributed by atoms with van der Waals surface area (Å²) in [5.74, 6) is 0.163. The number of pyridine rings is 1. The molecule has 0 unspecified atom stereocenters. The minimum Gasteiger partial charge on any atom is -0.407 e. The highest BCUT2D eigenvalue weighted by molar-refractivity contribution is 6.29. The van der Waals surface area contributed by atoms with Gasteiger partial charge in [-0.25, -0.2) is 4.98 Å². The lowest BCUT2D eigenvalue weighted by atomic mass is 9.86. The average Bonchev–Trinajstić information content (AvgIpc) is 1.99. The third kappa shape index (κ3) is 2.04. The zero-order chi connectivity index (χ0) is 9.97. The molecule has 1 saturated carbocycles. The predicted molar refractivity (Wildman–Crippen MR) is 52.2 cm³/mol. The van der Waals surface area contributed by atoms with Gasteiger partial charge >= 0.3 is 5.97 Å². The summed E-state index contributed by atoms with van der Waals surface area (Å²) < 4.78 is 5.06.